The number of anilines is 2. The molecule has 3 aromatic rings. The molecule has 0 heterocycles. The number of rotatable bonds is 7. The van der Waals surface area contributed by atoms with Gasteiger partial charge in [0.1, 0.15) is 5.75 Å². The van der Waals surface area contributed by atoms with E-state index in [-0.39, 0.29) is 17.9 Å². The highest BCUT2D eigenvalue weighted by molar-refractivity contribution is 6.07. The number of amides is 3. The van der Waals surface area contributed by atoms with Crippen molar-refractivity contribution in [3.8, 4) is 5.75 Å². The maximum absolute atomic E-state index is 12.9. The fraction of sp³-hybridized carbons (Fsp3) is 0.0870. The van der Waals surface area contributed by atoms with Crippen molar-refractivity contribution >= 4 is 29.1 Å². The van der Waals surface area contributed by atoms with Crippen LogP contribution in [0, 0.1) is 0 Å². The van der Waals surface area contributed by atoms with Crippen molar-refractivity contribution in [2.24, 2.45) is 5.73 Å². The lowest BCUT2D eigenvalue weighted by Gasteiger charge is -2.11. The van der Waals surface area contributed by atoms with Crippen LogP contribution < -0.4 is 21.1 Å². The molecule has 0 unspecified atom stereocenters. The molecule has 33 heavy (non-hydrogen) atoms. The standard InChI is InChI=1S/C23H18F3N3O4/c24-23(25,26)16-4-2-6-18(12-16)29-22(32)15-3-1-5-17(11-15)28-21(31)14-7-9-19(10-8-14)33-13-20(27)30/h1-12H,13H2,(H2,27,30)(H,28,31)(H,29,32). The zero-order valence-corrected chi connectivity index (χ0v) is 17.0. The Morgan fingerprint density at radius 2 is 1.36 bits per heavy atom. The Morgan fingerprint density at radius 3 is 1.97 bits per heavy atom. The monoisotopic (exact) mass is 457 g/mol. The number of hydrogen-bond donors (Lipinski definition) is 3. The van der Waals surface area contributed by atoms with E-state index in [2.05, 4.69) is 10.6 Å². The van der Waals surface area contributed by atoms with Crippen LogP contribution in [0.25, 0.3) is 0 Å². The van der Waals surface area contributed by atoms with E-state index in [1.54, 1.807) is 6.07 Å². The van der Waals surface area contributed by atoms with Gasteiger partial charge in [0.25, 0.3) is 17.7 Å². The predicted molar refractivity (Wildman–Crippen MR) is 115 cm³/mol. The third-order valence-electron chi connectivity index (χ3n) is 4.33. The van der Waals surface area contributed by atoms with E-state index in [0.717, 1.165) is 12.1 Å². The molecule has 0 radical (unpaired) electrons. The Morgan fingerprint density at radius 1 is 0.788 bits per heavy atom. The summed E-state index contributed by atoms with van der Waals surface area (Å²) in [5, 5.41) is 5.04. The molecular formula is C23H18F3N3O4. The fourth-order valence-corrected chi connectivity index (χ4v) is 2.77. The zero-order valence-electron chi connectivity index (χ0n) is 17.0. The van der Waals surface area contributed by atoms with E-state index in [0.29, 0.717) is 17.0 Å². The van der Waals surface area contributed by atoms with Gasteiger partial charge in [-0.05, 0) is 60.7 Å². The van der Waals surface area contributed by atoms with Crippen molar-refractivity contribution in [3.63, 3.8) is 0 Å². The van der Waals surface area contributed by atoms with Crippen LogP contribution in [0.15, 0.2) is 72.8 Å². The van der Waals surface area contributed by atoms with Gasteiger partial charge in [-0.2, -0.15) is 13.2 Å². The summed E-state index contributed by atoms with van der Waals surface area (Å²) in [5.41, 5.74) is 4.85. The first-order valence-corrected chi connectivity index (χ1v) is 9.53. The highest BCUT2D eigenvalue weighted by Gasteiger charge is 2.30. The van der Waals surface area contributed by atoms with Crippen molar-refractivity contribution in [1.82, 2.24) is 0 Å². The van der Waals surface area contributed by atoms with Crippen LogP contribution >= 0.6 is 0 Å². The molecule has 3 rings (SSSR count). The second-order valence-electron chi connectivity index (χ2n) is 6.85. The molecule has 0 saturated heterocycles. The van der Waals surface area contributed by atoms with Gasteiger partial charge >= 0.3 is 6.18 Å². The molecule has 0 fully saturated rings. The molecule has 0 atom stereocenters. The van der Waals surface area contributed by atoms with E-state index in [1.807, 2.05) is 0 Å². The van der Waals surface area contributed by atoms with Gasteiger partial charge in [-0.3, -0.25) is 14.4 Å². The van der Waals surface area contributed by atoms with Crippen LogP contribution in [0.4, 0.5) is 24.5 Å². The molecule has 0 aliphatic carbocycles. The summed E-state index contributed by atoms with van der Waals surface area (Å²) in [6.07, 6.45) is -4.53. The summed E-state index contributed by atoms with van der Waals surface area (Å²) in [6, 6.07) is 16.2. The third kappa shape index (κ3) is 6.57. The molecule has 4 N–H and O–H groups in total. The molecule has 0 aliphatic heterocycles. The van der Waals surface area contributed by atoms with Gasteiger partial charge in [0.05, 0.1) is 5.56 Å². The predicted octanol–water partition coefficient (Wildman–Crippen LogP) is 4.07. The summed E-state index contributed by atoms with van der Waals surface area (Å²) in [4.78, 5) is 35.7. The quantitative estimate of drug-likeness (QED) is 0.497. The van der Waals surface area contributed by atoms with Crippen molar-refractivity contribution < 1.29 is 32.3 Å². The van der Waals surface area contributed by atoms with Gasteiger partial charge in [-0.15, -0.1) is 0 Å². The van der Waals surface area contributed by atoms with E-state index in [9.17, 15) is 27.6 Å². The summed E-state index contributed by atoms with van der Waals surface area (Å²) in [7, 11) is 0. The summed E-state index contributed by atoms with van der Waals surface area (Å²) >= 11 is 0. The molecule has 0 aliphatic rings. The molecule has 10 heteroatoms. The number of nitrogens with one attached hydrogen (secondary N) is 2. The summed E-state index contributed by atoms with van der Waals surface area (Å²) in [6.45, 7) is -0.291. The van der Waals surface area contributed by atoms with E-state index in [1.165, 1.54) is 54.6 Å². The first-order chi connectivity index (χ1) is 15.6. The lowest BCUT2D eigenvalue weighted by Crippen LogP contribution is -2.20. The third-order valence-corrected chi connectivity index (χ3v) is 4.33. The van der Waals surface area contributed by atoms with Gasteiger partial charge in [-0.25, -0.2) is 0 Å². The molecule has 0 aromatic heterocycles. The smallest absolute Gasteiger partial charge is 0.416 e. The minimum absolute atomic E-state index is 0.0112. The van der Waals surface area contributed by atoms with Crippen LogP contribution in [0.3, 0.4) is 0 Å². The number of nitrogens with two attached hydrogens (primary N) is 1. The SMILES string of the molecule is NC(=O)COc1ccc(C(=O)Nc2cccc(C(=O)Nc3cccc(C(F)(F)F)c3)c2)cc1. The van der Waals surface area contributed by atoms with Gasteiger partial charge in [0.2, 0.25) is 0 Å². The van der Waals surface area contributed by atoms with Crippen molar-refractivity contribution in [1.29, 1.82) is 0 Å². The average Bonchev–Trinajstić information content (AvgIpc) is 2.78. The molecule has 0 spiro atoms. The maximum atomic E-state index is 12.9. The second-order valence-corrected chi connectivity index (χ2v) is 6.85. The Balaban J connectivity index is 1.66. The van der Waals surface area contributed by atoms with E-state index in [4.69, 9.17) is 10.5 Å². The van der Waals surface area contributed by atoms with Gasteiger partial charge in [0, 0.05) is 22.5 Å². The highest BCUT2D eigenvalue weighted by atomic mass is 19.4. The maximum Gasteiger partial charge on any atom is 0.416 e. The molecule has 3 aromatic carbocycles. The van der Waals surface area contributed by atoms with Crippen LogP contribution in [0.2, 0.25) is 0 Å². The summed E-state index contributed by atoms with van der Waals surface area (Å²) in [5.74, 6) is -1.37. The fourth-order valence-electron chi connectivity index (χ4n) is 2.77. The molecule has 3 amide bonds. The van der Waals surface area contributed by atoms with Crippen molar-refractivity contribution in [3.05, 3.63) is 89.5 Å². The molecule has 0 bridgehead atoms. The minimum atomic E-state index is -4.53. The van der Waals surface area contributed by atoms with Crippen LogP contribution in [0.5, 0.6) is 5.75 Å². The molecule has 0 saturated carbocycles. The Bertz CT molecular complexity index is 1180. The van der Waals surface area contributed by atoms with Crippen molar-refractivity contribution in [2.45, 2.75) is 6.18 Å². The largest absolute Gasteiger partial charge is 0.484 e. The van der Waals surface area contributed by atoms with Crippen LogP contribution in [-0.4, -0.2) is 24.3 Å². The van der Waals surface area contributed by atoms with Crippen LogP contribution in [-0.2, 0) is 11.0 Å². The molecule has 170 valence electrons. The Hall–Kier alpha value is -4.34. The van der Waals surface area contributed by atoms with E-state index >= 15 is 0 Å². The minimum Gasteiger partial charge on any atom is -0.484 e. The van der Waals surface area contributed by atoms with Crippen molar-refractivity contribution in [2.75, 3.05) is 17.2 Å². The number of halogens is 3. The zero-order chi connectivity index (χ0) is 24.0. The molecular weight excluding hydrogens is 439 g/mol. The topological polar surface area (TPSA) is 111 Å². The molecule has 7 nitrogen and oxygen atoms in total. The Kier molecular flexibility index (Phi) is 6.97. The number of alkyl halides is 3. The Labute approximate surface area is 186 Å². The number of primary amides is 1. The lowest BCUT2D eigenvalue weighted by atomic mass is 10.1. The highest BCUT2D eigenvalue weighted by Crippen LogP contribution is 2.30. The normalized spacial score (nSPS) is 10.9. The first-order valence-electron chi connectivity index (χ1n) is 9.53. The number of hydrogen-bond acceptors (Lipinski definition) is 4. The van der Waals surface area contributed by atoms with Gasteiger partial charge in [0.15, 0.2) is 6.61 Å². The van der Waals surface area contributed by atoms with E-state index < -0.39 is 29.5 Å². The second kappa shape index (κ2) is 9.86. The van der Waals surface area contributed by atoms with Crippen LogP contribution in [0.1, 0.15) is 26.3 Å². The number of carbonyl (C=O) groups excluding carboxylic acids is 3. The average molecular weight is 457 g/mol. The number of carbonyl (C=O) groups is 3. The van der Waals surface area contributed by atoms with Gasteiger partial charge in [-0.1, -0.05) is 12.1 Å². The first kappa shape index (κ1) is 23.3. The number of benzene rings is 3. The lowest BCUT2D eigenvalue weighted by molar-refractivity contribution is -0.137. The number of ether oxygens (including phenoxy) is 1. The van der Waals surface area contributed by atoms with Gasteiger partial charge < -0.3 is 21.1 Å². The summed E-state index contributed by atoms with van der Waals surface area (Å²) < 4.78 is 43.7.